The number of nitrogens with one attached hydrogen (secondary N) is 1. The van der Waals surface area contributed by atoms with Gasteiger partial charge in [-0.2, -0.15) is 0 Å². The van der Waals surface area contributed by atoms with Gasteiger partial charge in [-0.1, -0.05) is 25.4 Å². The van der Waals surface area contributed by atoms with E-state index in [1.54, 1.807) is 0 Å². The average molecular weight is 288 g/mol. The molecule has 7 heteroatoms. The Balaban J connectivity index is 2.78. The number of carbonyl (C=O) groups is 1. The van der Waals surface area contributed by atoms with Crippen molar-refractivity contribution in [2.75, 3.05) is 20.8 Å². The molecule has 0 aliphatic rings. The molecule has 0 radical (unpaired) electrons. The third kappa shape index (κ3) is 4.41. The number of carbonyl (C=O) groups excluding carboxylic acids is 1. The number of hydrogen-bond acceptors (Lipinski definition) is 5. The van der Waals surface area contributed by atoms with Gasteiger partial charge in [0.15, 0.2) is 6.29 Å². The number of hydrogen-bond donors (Lipinski definition) is 1. The molecule has 1 heterocycles. The van der Waals surface area contributed by atoms with Gasteiger partial charge in [-0.15, -0.1) is 0 Å². The smallest absolute Gasteiger partial charge is 0.271 e. The number of halogens is 1. The van der Waals surface area contributed by atoms with Gasteiger partial charge < -0.3 is 14.8 Å². The average Bonchev–Trinajstić information content (AvgIpc) is 2.39. The van der Waals surface area contributed by atoms with Crippen molar-refractivity contribution in [3.63, 3.8) is 0 Å². The topological polar surface area (TPSA) is 73.3 Å². The van der Waals surface area contributed by atoms with Gasteiger partial charge in [0.05, 0.1) is 17.8 Å². The highest BCUT2D eigenvalue weighted by molar-refractivity contribution is 6.33. The lowest BCUT2D eigenvalue weighted by atomic mass is 10.2. The molecule has 0 bridgehead atoms. The van der Waals surface area contributed by atoms with Gasteiger partial charge in [-0.3, -0.25) is 4.79 Å². The Morgan fingerprint density at radius 3 is 2.58 bits per heavy atom. The maximum absolute atomic E-state index is 12.0. The summed E-state index contributed by atoms with van der Waals surface area (Å²) in [7, 11) is 2.99. The second-order valence-electron chi connectivity index (χ2n) is 4.19. The van der Waals surface area contributed by atoms with Crippen LogP contribution in [0.25, 0.3) is 0 Å². The molecule has 0 aliphatic heterocycles. The normalized spacial score (nSPS) is 11.1. The third-order valence-electron chi connectivity index (χ3n) is 2.45. The van der Waals surface area contributed by atoms with Crippen LogP contribution in [0.2, 0.25) is 5.02 Å². The summed E-state index contributed by atoms with van der Waals surface area (Å²) < 4.78 is 9.95. The van der Waals surface area contributed by atoms with E-state index in [0.29, 0.717) is 5.82 Å². The first-order valence-corrected chi connectivity index (χ1v) is 6.23. The zero-order valence-corrected chi connectivity index (χ0v) is 12.2. The largest absolute Gasteiger partial charge is 0.354 e. The van der Waals surface area contributed by atoms with Crippen LogP contribution in [0.1, 0.15) is 36.1 Å². The molecule has 6 nitrogen and oxygen atoms in total. The Morgan fingerprint density at radius 2 is 2.05 bits per heavy atom. The summed E-state index contributed by atoms with van der Waals surface area (Å²) in [6, 6.07) is 0. The minimum Gasteiger partial charge on any atom is -0.354 e. The number of nitrogens with zero attached hydrogens (tertiary/aromatic N) is 2. The molecule has 0 aliphatic carbocycles. The van der Waals surface area contributed by atoms with Gasteiger partial charge in [0, 0.05) is 20.1 Å². The molecule has 106 valence electrons. The minimum atomic E-state index is -0.505. The SMILES string of the molecule is COC(CNC(=O)c1nc(C(C)C)ncc1Cl)OC. The highest BCUT2D eigenvalue weighted by Gasteiger charge is 2.16. The maximum atomic E-state index is 12.0. The van der Waals surface area contributed by atoms with E-state index in [-0.39, 0.29) is 29.1 Å². The first-order valence-electron chi connectivity index (χ1n) is 5.85. The molecular weight excluding hydrogens is 270 g/mol. The van der Waals surface area contributed by atoms with E-state index in [2.05, 4.69) is 15.3 Å². The van der Waals surface area contributed by atoms with Crippen LogP contribution in [0.5, 0.6) is 0 Å². The lowest BCUT2D eigenvalue weighted by Crippen LogP contribution is -2.34. The van der Waals surface area contributed by atoms with Gasteiger partial charge in [0.1, 0.15) is 11.5 Å². The highest BCUT2D eigenvalue weighted by Crippen LogP contribution is 2.16. The Morgan fingerprint density at radius 1 is 1.42 bits per heavy atom. The summed E-state index contributed by atoms with van der Waals surface area (Å²) in [4.78, 5) is 20.2. The first kappa shape index (κ1) is 15.8. The zero-order valence-electron chi connectivity index (χ0n) is 11.4. The van der Waals surface area contributed by atoms with Crippen molar-refractivity contribution >= 4 is 17.5 Å². The van der Waals surface area contributed by atoms with Crippen LogP contribution in [0, 0.1) is 0 Å². The molecule has 0 spiro atoms. The van der Waals surface area contributed by atoms with E-state index < -0.39 is 6.29 Å². The Kier molecular flexibility index (Phi) is 6.14. The molecule has 0 fully saturated rings. The quantitative estimate of drug-likeness (QED) is 0.805. The monoisotopic (exact) mass is 287 g/mol. The molecule has 19 heavy (non-hydrogen) atoms. The number of ether oxygens (including phenoxy) is 2. The molecule has 0 saturated carbocycles. The Bertz CT molecular complexity index is 436. The van der Waals surface area contributed by atoms with Crippen molar-refractivity contribution in [2.24, 2.45) is 0 Å². The van der Waals surface area contributed by atoms with E-state index in [1.807, 2.05) is 13.8 Å². The van der Waals surface area contributed by atoms with Gasteiger partial charge in [0.25, 0.3) is 5.91 Å². The molecule has 1 aromatic rings. The van der Waals surface area contributed by atoms with Gasteiger partial charge in [-0.25, -0.2) is 9.97 Å². The van der Waals surface area contributed by atoms with Crippen molar-refractivity contribution < 1.29 is 14.3 Å². The fourth-order valence-electron chi connectivity index (χ4n) is 1.34. The molecular formula is C12H18ClN3O3. The summed E-state index contributed by atoms with van der Waals surface area (Å²) >= 11 is 5.93. The van der Waals surface area contributed by atoms with E-state index in [1.165, 1.54) is 20.4 Å². The highest BCUT2D eigenvalue weighted by atomic mass is 35.5. The van der Waals surface area contributed by atoms with Crippen molar-refractivity contribution in [1.82, 2.24) is 15.3 Å². The van der Waals surface area contributed by atoms with Crippen LogP contribution in [-0.2, 0) is 9.47 Å². The fourth-order valence-corrected chi connectivity index (χ4v) is 1.52. The lowest BCUT2D eigenvalue weighted by Gasteiger charge is -2.14. The molecule has 1 N–H and O–H groups in total. The van der Waals surface area contributed by atoms with Crippen LogP contribution >= 0.6 is 11.6 Å². The van der Waals surface area contributed by atoms with Crippen LogP contribution in [0.4, 0.5) is 0 Å². The molecule has 0 saturated heterocycles. The summed E-state index contributed by atoms with van der Waals surface area (Å²) in [5.74, 6) is 0.312. The van der Waals surface area contributed by atoms with E-state index >= 15 is 0 Å². The standard InChI is InChI=1S/C12H18ClN3O3/c1-7(2)11-14-5-8(13)10(16-11)12(17)15-6-9(18-3)19-4/h5,7,9H,6H2,1-4H3,(H,15,17). The van der Waals surface area contributed by atoms with Crippen LogP contribution in [0.3, 0.4) is 0 Å². The van der Waals surface area contributed by atoms with Gasteiger partial charge in [0.2, 0.25) is 0 Å². The predicted octanol–water partition coefficient (Wildman–Crippen LogP) is 1.60. The van der Waals surface area contributed by atoms with E-state index in [4.69, 9.17) is 21.1 Å². The van der Waals surface area contributed by atoms with Crippen molar-refractivity contribution in [1.29, 1.82) is 0 Å². The predicted molar refractivity (Wildman–Crippen MR) is 71.3 cm³/mol. The number of rotatable bonds is 6. The third-order valence-corrected chi connectivity index (χ3v) is 2.73. The first-order chi connectivity index (χ1) is 8.99. The summed E-state index contributed by atoms with van der Waals surface area (Å²) in [5, 5.41) is 2.86. The zero-order chi connectivity index (χ0) is 14.4. The van der Waals surface area contributed by atoms with Crippen molar-refractivity contribution in [3.05, 3.63) is 22.7 Å². The van der Waals surface area contributed by atoms with Crippen LogP contribution in [-0.4, -0.2) is 42.9 Å². The number of methoxy groups -OCH3 is 2. The second kappa shape index (κ2) is 7.37. The van der Waals surface area contributed by atoms with Crippen LogP contribution < -0.4 is 5.32 Å². The number of amides is 1. The van der Waals surface area contributed by atoms with Gasteiger partial charge in [-0.05, 0) is 0 Å². The van der Waals surface area contributed by atoms with E-state index in [9.17, 15) is 4.79 Å². The second-order valence-corrected chi connectivity index (χ2v) is 4.60. The molecule has 0 unspecified atom stereocenters. The molecule has 1 aromatic heterocycles. The molecule has 0 atom stereocenters. The van der Waals surface area contributed by atoms with Crippen LogP contribution in [0.15, 0.2) is 6.20 Å². The van der Waals surface area contributed by atoms with Crippen molar-refractivity contribution in [3.8, 4) is 0 Å². The van der Waals surface area contributed by atoms with Crippen molar-refractivity contribution in [2.45, 2.75) is 26.1 Å². The molecule has 1 rings (SSSR count). The summed E-state index contributed by atoms with van der Waals surface area (Å²) in [6.45, 7) is 4.09. The molecule has 1 amide bonds. The lowest BCUT2D eigenvalue weighted by molar-refractivity contribution is -0.0974. The number of aromatic nitrogens is 2. The van der Waals surface area contributed by atoms with Gasteiger partial charge >= 0.3 is 0 Å². The molecule has 0 aromatic carbocycles. The Labute approximate surface area is 117 Å². The maximum Gasteiger partial charge on any atom is 0.271 e. The fraction of sp³-hybridized carbons (Fsp3) is 0.583. The van der Waals surface area contributed by atoms with E-state index in [0.717, 1.165) is 0 Å². The Hall–Kier alpha value is -1.24. The summed E-state index contributed by atoms with van der Waals surface area (Å²) in [5.41, 5.74) is 0.159. The summed E-state index contributed by atoms with van der Waals surface area (Å²) in [6.07, 6.45) is 0.928. The minimum absolute atomic E-state index is 0.120.